The summed E-state index contributed by atoms with van der Waals surface area (Å²) in [7, 11) is -3.35. The first-order valence-electron chi connectivity index (χ1n) is 7.82. The molecule has 3 nitrogen and oxygen atoms in total. The summed E-state index contributed by atoms with van der Waals surface area (Å²) >= 11 is 0. The first-order chi connectivity index (χ1) is 12.1. The maximum atomic E-state index is 13.0. The number of allylic oxidation sites excluding steroid dienone is 2. The number of ketones is 1. The van der Waals surface area contributed by atoms with Crippen LogP contribution in [0.25, 0.3) is 11.1 Å². The van der Waals surface area contributed by atoms with E-state index in [0.717, 1.165) is 18.4 Å². The van der Waals surface area contributed by atoms with Gasteiger partial charge in [-0.15, -0.1) is 0 Å². The highest BCUT2D eigenvalue weighted by atomic mass is 32.2. The van der Waals surface area contributed by atoms with Crippen LogP contribution in [-0.2, 0) is 20.8 Å². The summed E-state index contributed by atoms with van der Waals surface area (Å²) in [6.07, 6.45) is -2.78. The van der Waals surface area contributed by atoms with E-state index < -0.39 is 21.6 Å². The molecule has 0 saturated carbocycles. The maximum absolute atomic E-state index is 13.0. The van der Waals surface area contributed by atoms with Gasteiger partial charge in [-0.05, 0) is 47.4 Å². The van der Waals surface area contributed by atoms with E-state index in [1.165, 1.54) is 24.3 Å². The highest BCUT2D eigenvalue weighted by Crippen LogP contribution is 2.39. The van der Waals surface area contributed by atoms with Crippen molar-refractivity contribution in [3.63, 3.8) is 0 Å². The highest BCUT2D eigenvalue weighted by Gasteiger charge is 2.32. The van der Waals surface area contributed by atoms with Gasteiger partial charge in [0, 0.05) is 18.2 Å². The summed E-state index contributed by atoms with van der Waals surface area (Å²) in [5, 5.41) is 0. The van der Waals surface area contributed by atoms with Crippen molar-refractivity contribution < 1.29 is 26.4 Å². The third kappa shape index (κ3) is 3.58. The van der Waals surface area contributed by atoms with Gasteiger partial charge in [0.2, 0.25) is 0 Å². The molecule has 0 atom stereocenters. The summed E-state index contributed by atoms with van der Waals surface area (Å²) in [5.41, 5.74) is 0.951. The molecule has 0 unspecified atom stereocenters. The predicted molar refractivity (Wildman–Crippen MR) is 92.1 cm³/mol. The van der Waals surface area contributed by atoms with Gasteiger partial charge < -0.3 is 0 Å². The van der Waals surface area contributed by atoms with Crippen molar-refractivity contribution in [3.05, 3.63) is 65.2 Å². The smallest absolute Gasteiger partial charge is 0.294 e. The van der Waals surface area contributed by atoms with E-state index in [1.54, 1.807) is 12.1 Å². The number of halogens is 3. The van der Waals surface area contributed by atoms with E-state index >= 15 is 0 Å². The molecule has 26 heavy (non-hydrogen) atoms. The normalized spacial score (nSPS) is 15.6. The second-order valence-electron chi connectivity index (χ2n) is 6.15. The van der Waals surface area contributed by atoms with Crippen LogP contribution >= 0.6 is 0 Å². The fourth-order valence-electron chi connectivity index (χ4n) is 3.04. The lowest BCUT2D eigenvalue weighted by Crippen LogP contribution is -2.06. The molecule has 136 valence electrons. The van der Waals surface area contributed by atoms with Crippen molar-refractivity contribution in [1.29, 1.82) is 0 Å². The fourth-order valence-corrected chi connectivity index (χ4v) is 3.67. The number of hydrogen-bond acceptors (Lipinski definition) is 3. The van der Waals surface area contributed by atoms with Crippen LogP contribution in [0.15, 0.2) is 53.4 Å². The average Bonchev–Trinajstić information content (AvgIpc) is 2.95. The van der Waals surface area contributed by atoms with E-state index in [1.807, 2.05) is 0 Å². The molecule has 0 spiro atoms. The second-order valence-corrected chi connectivity index (χ2v) is 8.17. The number of carbonyl (C=O) groups excluding carboxylic acids is 1. The molecule has 1 aliphatic rings. The van der Waals surface area contributed by atoms with Crippen LogP contribution in [0.5, 0.6) is 0 Å². The van der Waals surface area contributed by atoms with Gasteiger partial charge in [0.15, 0.2) is 15.6 Å². The van der Waals surface area contributed by atoms with Crippen molar-refractivity contribution in [2.24, 2.45) is 0 Å². The number of benzene rings is 2. The number of alkyl halides is 3. The van der Waals surface area contributed by atoms with Crippen LogP contribution in [0.4, 0.5) is 13.2 Å². The first-order valence-corrected chi connectivity index (χ1v) is 9.71. The molecule has 7 heteroatoms. The molecular formula is C19H15F3O3S. The van der Waals surface area contributed by atoms with E-state index in [2.05, 4.69) is 0 Å². The fraction of sp³-hybridized carbons (Fsp3) is 0.211. The van der Waals surface area contributed by atoms with Crippen molar-refractivity contribution in [2.75, 3.05) is 6.26 Å². The Kier molecular flexibility index (Phi) is 4.52. The van der Waals surface area contributed by atoms with Crippen LogP contribution < -0.4 is 0 Å². The maximum Gasteiger partial charge on any atom is 0.416 e. The van der Waals surface area contributed by atoms with Crippen molar-refractivity contribution in [3.8, 4) is 0 Å². The number of Topliss-reactive ketones (excluding diaryl/α,β-unsaturated/α-hetero) is 1. The van der Waals surface area contributed by atoms with Crippen molar-refractivity contribution in [2.45, 2.75) is 23.9 Å². The van der Waals surface area contributed by atoms with Gasteiger partial charge in [-0.1, -0.05) is 24.3 Å². The lowest BCUT2D eigenvalue weighted by molar-refractivity contribution is -0.137. The molecule has 1 aliphatic carbocycles. The minimum absolute atomic E-state index is 0.145. The van der Waals surface area contributed by atoms with Crippen LogP contribution in [0.3, 0.4) is 0 Å². The summed E-state index contributed by atoms with van der Waals surface area (Å²) in [4.78, 5) is 12.5. The van der Waals surface area contributed by atoms with Gasteiger partial charge in [-0.3, -0.25) is 4.79 Å². The quantitative estimate of drug-likeness (QED) is 0.794. The summed E-state index contributed by atoms with van der Waals surface area (Å²) in [6, 6.07) is 10.7. The van der Waals surface area contributed by atoms with Gasteiger partial charge >= 0.3 is 6.18 Å². The zero-order chi connectivity index (χ0) is 19.1. The molecule has 0 amide bonds. The summed E-state index contributed by atoms with van der Waals surface area (Å²) < 4.78 is 62.0. The largest absolute Gasteiger partial charge is 0.416 e. The number of rotatable bonds is 3. The van der Waals surface area contributed by atoms with E-state index in [0.29, 0.717) is 17.6 Å². The van der Waals surface area contributed by atoms with Crippen LogP contribution in [0.1, 0.15) is 29.5 Å². The first kappa shape index (κ1) is 18.4. The SMILES string of the molecule is CS(=O)(=O)c1ccc(C2=C(c3cccc(C(F)(F)F)c3)C(=O)CC2)cc1. The Hall–Kier alpha value is -2.41. The van der Waals surface area contributed by atoms with Crippen LogP contribution in [0.2, 0.25) is 0 Å². The van der Waals surface area contributed by atoms with E-state index in [9.17, 15) is 26.4 Å². The van der Waals surface area contributed by atoms with Gasteiger partial charge in [0.1, 0.15) is 0 Å². The zero-order valence-electron chi connectivity index (χ0n) is 13.8. The number of sulfone groups is 1. The van der Waals surface area contributed by atoms with Crippen LogP contribution in [-0.4, -0.2) is 20.5 Å². The second kappa shape index (κ2) is 6.39. The minimum atomic E-state index is -4.49. The molecule has 0 aromatic heterocycles. The Balaban J connectivity index is 2.11. The monoisotopic (exact) mass is 380 g/mol. The Morgan fingerprint density at radius 2 is 1.58 bits per heavy atom. The molecular weight excluding hydrogens is 365 g/mol. The summed E-state index contributed by atoms with van der Waals surface area (Å²) in [5.74, 6) is -0.216. The van der Waals surface area contributed by atoms with Gasteiger partial charge in [0.25, 0.3) is 0 Å². The predicted octanol–water partition coefficient (Wildman–Crippen LogP) is 4.38. The zero-order valence-corrected chi connectivity index (χ0v) is 14.6. The average molecular weight is 380 g/mol. The molecule has 0 heterocycles. The standard InChI is InChI=1S/C19H15F3O3S/c1-26(24,25)15-7-5-12(6-8-15)16-9-10-17(23)18(16)13-3-2-4-14(11-13)19(20,21)22/h2-8,11H,9-10H2,1H3. The van der Waals surface area contributed by atoms with Crippen molar-refractivity contribution in [1.82, 2.24) is 0 Å². The lowest BCUT2D eigenvalue weighted by atomic mass is 9.95. The Morgan fingerprint density at radius 1 is 0.923 bits per heavy atom. The van der Waals surface area contributed by atoms with Crippen LogP contribution in [0, 0.1) is 0 Å². The number of carbonyl (C=O) groups is 1. The molecule has 0 aliphatic heterocycles. The van der Waals surface area contributed by atoms with Gasteiger partial charge in [-0.2, -0.15) is 13.2 Å². The molecule has 0 N–H and O–H groups in total. The molecule has 3 rings (SSSR count). The third-order valence-electron chi connectivity index (χ3n) is 4.29. The van der Waals surface area contributed by atoms with E-state index in [-0.39, 0.29) is 28.2 Å². The molecule has 0 bridgehead atoms. The third-order valence-corrected chi connectivity index (χ3v) is 5.42. The molecule has 0 radical (unpaired) electrons. The number of hydrogen-bond donors (Lipinski definition) is 0. The Labute approximate surface area is 149 Å². The molecule has 2 aromatic rings. The Morgan fingerprint density at radius 3 is 2.15 bits per heavy atom. The van der Waals surface area contributed by atoms with E-state index in [4.69, 9.17) is 0 Å². The highest BCUT2D eigenvalue weighted by molar-refractivity contribution is 7.90. The van der Waals surface area contributed by atoms with Gasteiger partial charge in [-0.25, -0.2) is 8.42 Å². The Bertz CT molecular complexity index is 1000. The van der Waals surface area contributed by atoms with Gasteiger partial charge in [0.05, 0.1) is 10.5 Å². The molecule has 2 aromatic carbocycles. The van der Waals surface area contributed by atoms with Crippen molar-refractivity contribution >= 4 is 26.8 Å². The molecule has 0 saturated heterocycles. The molecule has 0 fully saturated rings. The topological polar surface area (TPSA) is 51.2 Å². The minimum Gasteiger partial charge on any atom is -0.294 e. The summed E-state index contributed by atoms with van der Waals surface area (Å²) in [6.45, 7) is 0. The lowest BCUT2D eigenvalue weighted by Gasteiger charge is -2.11.